The van der Waals surface area contributed by atoms with Gasteiger partial charge in [0.05, 0.1) is 0 Å². The van der Waals surface area contributed by atoms with Crippen molar-refractivity contribution in [1.29, 1.82) is 0 Å². The first-order valence-corrected chi connectivity index (χ1v) is 6.54. The third-order valence-electron chi connectivity index (χ3n) is 1.62. The minimum absolute atomic E-state index is 0.145. The lowest BCUT2D eigenvalue weighted by Gasteiger charge is -2.04. The molecule has 19 heavy (non-hydrogen) atoms. The Labute approximate surface area is 111 Å². The van der Waals surface area contributed by atoms with Crippen LogP contribution in [-0.2, 0) is 13.9 Å². The Morgan fingerprint density at radius 3 is 2.37 bits per heavy atom. The van der Waals surface area contributed by atoms with Gasteiger partial charge in [-0.3, -0.25) is 0 Å². The van der Waals surface area contributed by atoms with Gasteiger partial charge in [-0.05, 0) is 19.1 Å². The maximum atomic E-state index is 10.8. The summed E-state index contributed by atoms with van der Waals surface area (Å²) in [5, 5.41) is 8.81. The quantitative estimate of drug-likeness (QED) is 0.412. The standard InChI is InChI=1S/C9H10O3.C2H6NO3P/c1-7(10)9(11)12-8-5-3-2-4-6-8;3-1-2-6-7(4)5/h2-7,10H,1H3;1-3H2/p+1. The molecular formula is C11H17NO6P+. The summed E-state index contributed by atoms with van der Waals surface area (Å²) in [7, 11) is -2.44. The summed E-state index contributed by atoms with van der Waals surface area (Å²) in [4.78, 5) is 18.8. The average molecular weight is 290 g/mol. The molecule has 2 atom stereocenters. The van der Waals surface area contributed by atoms with E-state index in [0.29, 0.717) is 5.75 Å². The lowest BCUT2D eigenvalue weighted by atomic mass is 10.3. The van der Waals surface area contributed by atoms with Gasteiger partial charge in [0.15, 0.2) is 0 Å². The molecule has 1 aromatic rings. The molecule has 0 aliphatic heterocycles. The molecule has 0 spiro atoms. The first-order chi connectivity index (χ1) is 8.97. The minimum Gasteiger partial charge on any atom is -0.425 e. The summed E-state index contributed by atoms with van der Waals surface area (Å²) in [6.45, 7) is 1.79. The first kappa shape index (κ1) is 17.6. The van der Waals surface area contributed by atoms with Crippen LogP contribution in [0.4, 0.5) is 0 Å². The molecule has 1 aromatic carbocycles. The van der Waals surface area contributed by atoms with Crippen LogP contribution < -0.4 is 10.5 Å². The molecular weight excluding hydrogens is 273 g/mol. The third kappa shape index (κ3) is 10.3. The zero-order valence-electron chi connectivity index (χ0n) is 10.4. The van der Waals surface area contributed by atoms with Gasteiger partial charge in [0, 0.05) is 11.1 Å². The van der Waals surface area contributed by atoms with Gasteiger partial charge in [-0.1, -0.05) is 18.2 Å². The summed E-state index contributed by atoms with van der Waals surface area (Å²) in [6, 6.07) is 8.63. The molecule has 0 aliphatic carbocycles. The molecule has 0 aliphatic rings. The zero-order valence-corrected chi connectivity index (χ0v) is 11.3. The monoisotopic (exact) mass is 290 g/mol. The molecule has 4 N–H and O–H groups in total. The van der Waals surface area contributed by atoms with Crippen LogP contribution in [0.1, 0.15) is 6.92 Å². The van der Waals surface area contributed by atoms with Crippen LogP contribution >= 0.6 is 8.25 Å². The predicted octanol–water partition coefficient (Wildman–Crippen LogP) is 0.584. The number of nitrogens with two attached hydrogens (primary N) is 1. The highest BCUT2D eigenvalue weighted by Gasteiger charge is 2.10. The molecule has 0 saturated carbocycles. The molecule has 0 bridgehead atoms. The van der Waals surface area contributed by atoms with Crippen molar-refractivity contribution in [2.45, 2.75) is 13.0 Å². The zero-order chi connectivity index (χ0) is 14.7. The first-order valence-electron chi connectivity index (χ1n) is 5.41. The Hall–Kier alpha value is -1.37. The van der Waals surface area contributed by atoms with E-state index >= 15 is 0 Å². The number of ether oxygens (including phenoxy) is 1. The number of para-hydroxylation sites is 1. The lowest BCUT2D eigenvalue weighted by Crippen LogP contribution is -2.21. The third-order valence-corrected chi connectivity index (χ3v) is 2.03. The number of hydrogen-bond acceptors (Lipinski definition) is 6. The second-order valence-corrected chi connectivity index (χ2v) is 4.00. The Bertz CT molecular complexity index is 384. The maximum Gasteiger partial charge on any atom is 0.694 e. The number of carbonyl (C=O) groups is 1. The van der Waals surface area contributed by atoms with Crippen LogP contribution in [0.15, 0.2) is 30.3 Å². The van der Waals surface area contributed by atoms with Crippen molar-refractivity contribution in [2.24, 2.45) is 5.73 Å². The highest BCUT2D eigenvalue weighted by atomic mass is 31.1. The second-order valence-electron chi connectivity index (χ2n) is 3.27. The van der Waals surface area contributed by atoms with E-state index in [9.17, 15) is 9.36 Å². The summed E-state index contributed by atoms with van der Waals surface area (Å²) in [5.41, 5.74) is 4.91. The Morgan fingerprint density at radius 1 is 1.42 bits per heavy atom. The molecule has 0 fully saturated rings. The molecule has 106 valence electrons. The summed E-state index contributed by atoms with van der Waals surface area (Å²) >= 11 is 0. The van der Waals surface area contributed by atoms with Crippen molar-refractivity contribution in [1.82, 2.24) is 0 Å². The van der Waals surface area contributed by atoms with Crippen molar-refractivity contribution >= 4 is 14.2 Å². The number of carbonyl (C=O) groups excluding carboxylic acids is 1. The van der Waals surface area contributed by atoms with Crippen molar-refractivity contribution in [3.63, 3.8) is 0 Å². The molecule has 0 aromatic heterocycles. The van der Waals surface area contributed by atoms with Crippen molar-refractivity contribution in [3.05, 3.63) is 30.3 Å². The maximum absolute atomic E-state index is 10.8. The summed E-state index contributed by atoms with van der Waals surface area (Å²) in [6.07, 6.45) is -1.08. The van der Waals surface area contributed by atoms with Crippen LogP contribution in [0.2, 0.25) is 0 Å². The van der Waals surface area contributed by atoms with Gasteiger partial charge >= 0.3 is 14.2 Å². The van der Waals surface area contributed by atoms with E-state index in [1.54, 1.807) is 24.3 Å². The molecule has 8 heteroatoms. The normalized spacial score (nSPS) is 11.9. The van der Waals surface area contributed by atoms with Crippen LogP contribution in [0.3, 0.4) is 0 Å². The van der Waals surface area contributed by atoms with Crippen molar-refractivity contribution < 1.29 is 28.6 Å². The van der Waals surface area contributed by atoms with Crippen LogP contribution in [0.25, 0.3) is 0 Å². The summed E-state index contributed by atoms with van der Waals surface area (Å²) < 4.78 is 18.5. The molecule has 7 nitrogen and oxygen atoms in total. The van der Waals surface area contributed by atoms with Gasteiger partial charge in [0.1, 0.15) is 18.5 Å². The molecule has 0 radical (unpaired) electrons. The number of aliphatic hydroxyl groups is 1. The average Bonchev–Trinajstić information content (AvgIpc) is 2.38. The molecule has 2 unspecified atom stereocenters. The van der Waals surface area contributed by atoms with E-state index in [1.165, 1.54) is 6.92 Å². The topological polar surface area (TPSA) is 119 Å². The van der Waals surface area contributed by atoms with E-state index in [1.807, 2.05) is 6.07 Å². The van der Waals surface area contributed by atoms with E-state index in [-0.39, 0.29) is 13.2 Å². The number of aliphatic hydroxyl groups excluding tert-OH is 1. The van der Waals surface area contributed by atoms with Crippen LogP contribution in [-0.4, -0.2) is 35.2 Å². The van der Waals surface area contributed by atoms with E-state index in [4.69, 9.17) is 20.5 Å². The minimum atomic E-state index is -2.44. The number of benzene rings is 1. The largest absolute Gasteiger partial charge is 0.694 e. The fourth-order valence-electron chi connectivity index (χ4n) is 0.821. The Kier molecular flexibility index (Phi) is 9.78. The number of rotatable bonds is 5. The summed E-state index contributed by atoms with van der Waals surface area (Å²) in [5.74, 6) is -0.190. The predicted molar refractivity (Wildman–Crippen MR) is 68.6 cm³/mol. The van der Waals surface area contributed by atoms with E-state index in [0.717, 1.165) is 0 Å². The van der Waals surface area contributed by atoms with Crippen LogP contribution in [0, 0.1) is 0 Å². The van der Waals surface area contributed by atoms with Gasteiger partial charge in [0.2, 0.25) is 0 Å². The van der Waals surface area contributed by atoms with Crippen LogP contribution in [0.5, 0.6) is 5.75 Å². The van der Waals surface area contributed by atoms with Crippen molar-refractivity contribution in [2.75, 3.05) is 13.2 Å². The van der Waals surface area contributed by atoms with Gasteiger partial charge in [-0.15, -0.1) is 9.42 Å². The number of esters is 1. The van der Waals surface area contributed by atoms with E-state index < -0.39 is 20.3 Å². The molecule has 0 heterocycles. The SMILES string of the molecule is CC(O)C(=O)Oc1ccccc1.NCCO[P+](=O)O. The van der Waals surface area contributed by atoms with Gasteiger partial charge in [-0.25, -0.2) is 4.79 Å². The number of hydrogen-bond donors (Lipinski definition) is 3. The Morgan fingerprint density at radius 2 is 2.00 bits per heavy atom. The van der Waals surface area contributed by atoms with Gasteiger partial charge < -0.3 is 15.6 Å². The second kappa shape index (κ2) is 10.5. The molecule has 1 rings (SSSR count). The molecule has 0 amide bonds. The van der Waals surface area contributed by atoms with E-state index in [2.05, 4.69) is 4.52 Å². The van der Waals surface area contributed by atoms with Gasteiger partial charge in [-0.2, -0.15) is 0 Å². The fourth-order valence-corrected chi connectivity index (χ4v) is 1.08. The van der Waals surface area contributed by atoms with Crippen molar-refractivity contribution in [3.8, 4) is 5.75 Å². The highest BCUT2D eigenvalue weighted by molar-refractivity contribution is 7.32. The lowest BCUT2D eigenvalue weighted by molar-refractivity contribution is -0.142. The fraction of sp³-hybridized carbons (Fsp3) is 0.364. The highest BCUT2D eigenvalue weighted by Crippen LogP contribution is 2.12. The van der Waals surface area contributed by atoms with Gasteiger partial charge in [0.25, 0.3) is 0 Å². The smallest absolute Gasteiger partial charge is 0.425 e. The molecule has 0 saturated heterocycles. The Balaban J connectivity index is 0.000000399.